The number of nitrogens with zero attached hydrogens (tertiary/aromatic N) is 2. The maximum atomic E-state index is 14.8. The summed E-state index contributed by atoms with van der Waals surface area (Å²) in [6.07, 6.45) is 12.9. The first-order valence-electron chi connectivity index (χ1n) is 23.1. The number of hydrogen-bond acceptors (Lipinski definition) is 10. The Morgan fingerprint density at radius 2 is 1.78 bits per heavy atom. The van der Waals surface area contributed by atoms with Crippen molar-refractivity contribution in [2.75, 3.05) is 38.8 Å². The number of rotatable bonds is 22. The summed E-state index contributed by atoms with van der Waals surface area (Å²) in [7, 11) is 0. The van der Waals surface area contributed by atoms with Crippen LogP contribution in [0.5, 0.6) is 11.5 Å². The number of fused-ring (bicyclic) bond motifs is 2. The standard InChI is InChI=1S/C51H63FN2O8S/c1-2-27-60-51-46(54(50(57)36-19-20-36)34-35-17-21-38(52)22-18-35)33-44(53-62-47-16-8-11-28-59-47)42-31-37(12-6-9-25-55)41(15-7-10-26-56)48(49(42)51)43-32-39(23-24-45(43)61-51)58-29-30-63-40-13-4-3-5-14-40/h2-5,13-14,17-18,21-24,31-32,36-37,41,46-49,55-56H,1,6-12,15-16,19-20,25-30,33-34H2. The molecule has 63 heavy (non-hydrogen) atoms. The SMILES string of the molecule is C=CCOC12Oc3ccc(OCCSc4ccccc4)cc3C3C(CCCCO)C(CCCCO)C=C(C(=NOC4CCCCO4)CC1N(Cc1ccc(F)cc1)C(=O)C1CC1)C32. The second-order valence-corrected chi connectivity index (χ2v) is 18.7. The third kappa shape index (κ3) is 10.7. The van der Waals surface area contributed by atoms with E-state index in [9.17, 15) is 19.4 Å². The molecule has 3 fully saturated rings. The number of amides is 1. The molecule has 338 valence electrons. The Bertz CT molecular complexity index is 2040. The van der Waals surface area contributed by atoms with Crippen LogP contribution in [-0.2, 0) is 25.7 Å². The van der Waals surface area contributed by atoms with Crippen LogP contribution in [0.25, 0.3) is 0 Å². The van der Waals surface area contributed by atoms with Gasteiger partial charge in [0.15, 0.2) is 0 Å². The zero-order chi connectivity index (χ0) is 43.6. The maximum absolute atomic E-state index is 14.8. The average Bonchev–Trinajstić information content (AvgIpc) is 4.17. The zero-order valence-corrected chi connectivity index (χ0v) is 37.1. The maximum Gasteiger partial charge on any atom is 0.239 e. The number of unbranched alkanes of at least 4 members (excludes halogenated alkanes) is 2. The second kappa shape index (κ2) is 21.7. The first-order valence-corrected chi connectivity index (χ1v) is 24.1. The van der Waals surface area contributed by atoms with E-state index in [4.69, 9.17) is 28.9 Å². The number of thioether (sulfide) groups is 1. The normalized spacial score (nSPS) is 26.8. The number of carbonyl (C=O) groups excluding carboxylic acids is 1. The van der Waals surface area contributed by atoms with Crippen LogP contribution in [0.15, 0.2) is 107 Å². The average molecular weight is 883 g/mol. The first kappa shape index (κ1) is 45.4. The summed E-state index contributed by atoms with van der Waals surface area (Å²) in [5.74, 6) is -0.114. The van der Waals surface area contributed by atoms with Gasteiger partial charge in [0.25, 0.3) is 0 Å². The van der Waals surface area contributed by atoms with E-state index in [0.29, 0.717) is 31.8 Å². The van der Waals surface area contributed by atoms with Crippen molar-refractivity contribution < 1.29 is 43.2 Å². The fraction of sp³-hybridized carbons (Fsp3) is 0.529. The fourth-order valence-corrected chi connectivity index (χ4v) is 10.9. The van der Waals surface area contributed by atoms with Crippen LogP contribution in [0.1, 0.15) is 94.1 Å². The van der Waals surface area contributed by atoms with Crippen LogP contribution in [0.2, 0.25) is 0 Å². The topological polar surface area (TPSA) is 119 Å². The smallest absolute Gasteiger partial charge is 0.239 e. The molecular formula is C51H63FN2O8S. The third-order valence-electron chi connectivity index (χ3n) is 13.3. The Kier molecular flexibility index (Phi) is 15.6. The second-order valence-electron chi connectivity index (χ2n) is 17.6. The van der Waals surface area contributed by atoms with E-state index < -0.39 is 24.0 Å². The Morgan fingerprint density at radius 3 is 2.51 bits per heavy atom. The quantitative estimate of drug-likeness (QED) is 0.0440. The molecule has 3 aromatic rings. The van der Waals surface area contributed by atoms with Gasteiger partial charge in [0.05, 0.1) is 31.5 Å². The molecule has 0 radical (unpaired) electrons. The number of aliphatic hydroxyl groups is 2. The minimum Gasteiger partial charge on any atom is -0.493 e. The number of halogens is 1. The predicted octanol–water partition coefficient (Wildman–Crippen LogP) is 9.60. The van der Waals surface area contributed by atoms with E-state index in [1.54, 1.807) is 30.0 Å². The molecule has 7 atom stereocenters. The molecule has 2 saturated carbocycles. The highest BCUT2D eigenvalue weighted by Crippen LogP contribution is 2.62. The van der Waals surface area contributed by atoms with Crippen molar-refractivity contribution in [2.24, 2.45) is 28.8 Å². The van der Waals surface area contributed by atoms with Crippen molar-refractivity contribution in [3.63, 3.8) is 0 Å². The number of ether oxygens (including phenoxy) is 4. The molecule has 2 aliphatic heterocycles. The van der Waals surface area contributed by atoms with Gasteiger partial charge in [-0.1, -0.05) is 60.5 Å². The number of hydrogen-bond donors (Lipinski definition) is 2. The number of allylic oxidation sites excluding steroid dienone is 1. The lowest BCUT2D eigenvalue weighted by Gasteiger charge is -2.60. The van der Waals surface area contributed by atoms with Gasteiger partial charge in [-0.3, -0.25) is 4.79 Å². The summed E-state index contributed by atoms with van der Waals surface area (Å²) >= 11 is 1.75. The number of aliphatic hydroxyl groups excluding tert-OH is 2. The molecule has 0 spiro atoms. The minimum absolute atomic E-state index is 0.00877. The largest absolute Gasteiger partial charge is 0.493 e. The van der Waals surface area contributed by atoms with Crippen LogP contribution < -0.4 is 9.47 Å². The lowest BCUT2D eigenvalue weighted by Crippen LogP contribution is -2.70. The van der Waals surface area contributed by atoms with Crippen molar-refractivity contribution in [3.05, 3.63) is 114 Å². The molecule has 3 aromatic carbocycles. The summed E-state index contributed by atoms with van der Waals surface area (Å²) in [4.78, 5) is 24.2. The minimum atomic E-state index is -1.39. The molecule has 8 rings (SSSR count). The molecule has 7 unspecified atom stereocenters. The Morgan fingerprint density at radius 1 is 0.984 bits per heavy atom. The highest BCUT2D eigenvalue weighted by molar-refractivity contribution is 7.99. The molecule has 10 nitrogen and oxygen atoms in total. The van der Waals surface area contributed by atoms with Crippen molar-refractivity contribution >= 4 is 23.4 Å². The van der Waals surface area contributed by atoms with Crippen molar-refractivity contribution in [1.82, 2.24) is 4.90 Å². The molecule has 2 N–H and O–H groups in total. The van der Waals surface area contributed by atoms with Crippen LogP contribution in [0.4, 0.5) is 4.39 Å². The van der Waals surface area contributed by atoms with Gasteiger partial charge in [0.1, 0.15) is 23.4 Å². The molecule has 5 aliphatic rings. The van der Waals surface area contributed by atoms with E-state index in [1.807, 2.05) is 35.2 Å². The lowest BCUT2D eigenvalue weighted by molar-refractivity contribution is -0.258. The van der Waals surface area contributed by atoms with Gasteiger partial charge in [-0.05, 0) is 117 Å². The molecule has 1 amide bonds. The molecule has 3 aliphatic carbocycles. The van der Waals surface area contributed by atoms with E-state index in [2.05, 4.69) is 30.9 Å². The summed E-state index contributed by atoms with van der Waals surface area (Å²) in [6.45, 7) is 5.79. The molecule has 0 aromatic heterocycles. The van der Waals surface area contributed by atoms with Crippen LogP contribution >= 0.6 is 11.8 Å². The fourth-order valence-electron chi connectivity index (χ4n) is 10.2. The third-order valence-corrected chi connectivity index (χ3v) is 14.3. The van der Waals surface area contributed by atoms with Gasteiger partial charge in [0.2, 0.25) is 18.0 Å². The molecule has 12 heteroatoms. The van der Waals surface area contributed by atoms with Crippen LogP contribution in [0.3, 0.4) is 0 Å². The van der Waals surface area contributed by atoms with Crippen LogP contribution in [-0.4, -0.2) is 83.6 Å². The van der Waals surface area contributed by atoms with Gasteiger partial charge in [-0.15, -0.1) is 18.3 Å². The molecule has 1 saturated heterocycles. The van der Waals surface area contributed by atoms with Gasteiger partial charge in [-0.2, -0.15) is 0 Å². The summed E-state index contributed by atoms with van der Waals surface area (Å²) in [6, 6.07) is 22.1. The Hall–Kier alpha value is -4.20. The van der Waals surface area contributed by atoms with Gasteiger partial charge in [0, 0.05) is 60.6 Å². The molecular weight excluding hydrogens is 820 g/mol. The molecule has 2 heterocycles. The van der Waals surface area contributed by atoms with E-state index in [-0.39, 0.29) is 68.2 Å². The Labute approximate surface area is 375 Å². The summed E-state index contributed by atoms with van der Waals surface area (Å²) in [5.41, 5.74) is 3.51. The highest BCUT2D eigenvalue weighted by Gasteiger charge is 2.66. The van der Waals surface area contributed by atoms with Crippen molar-refractivity contribution in [2.45, 2.75) is 113 Å². The summed E-state index contributed by atoms with van der Waals surface area (Å²) in [5, 5.41) is 24.9. The van der Waals surface area contributed by atoms with Crippen molar-refractivity contribution in [1.29, 1.82) is 0 Å². The van der Waals surface area contributed by atoms with Gasteiger partial charge in [-0.25, -0.2) is 4.39 Å². The number of oxime groups is 1. The lowest BCUT2D eigenvalue weighted by atomic mass is 9.55. The van der Waals surface area contributed by atoms with Crippen LogP contribution in [0, 0.1) is 29.5 Å². The van der Waals surface area contributed by atoms with E-state index in [1.165, 1.54) is 17.0 Å². The van der Waals surface area contributed by atoms with Gasteiger partial charge < -0.3 is 38.9 Å². The first-order chi connectivity index (χ1) is 30.9. The van der Waals surface area contributed by atoms with Gasteiger partial charge >= 0.3 is 0 Å². The Balaban J connectivity index is 1.27. The molecule has 0 bridgehead atoms. The zero-order valence-electron chi connectivity index (χ0n) is 36.3. The van der Waals surface area contributed by atoms with Crippen molar-refractivity contribution in [3.8, 4) is 11.5 Å². The van der Waals surface area contributed by atoms with E-state index in [0.717, 1.165) is 91.7 Å². The van der Waals surface area contributed by atoms with E-state index >= 15 is 0 Å². The highest BCUT2D eigenvalue weighted by atomic mass is 32.2. The number of carbonyl (C=O) groups is 1. The monoisotopic (exact) mass is 882 g/mol. The summed E-state index contributed by atoms with van der Waals surface area (Å²) < 4.78 is 41.4. The number of benzene rings is 3. The predicted molar refractivity (Wildman–Crippen MR) is 242 cm³/mol.